The van der Waals surface area contributed by atoms with Crippen LogP contribution in [0.15, 0.2) is 182 Å². The van der Waals surface area contributed by atoms with Gasteiger partial charge in [-0.3, -0.25) is 0 Å². The first kappa shape index (κ1) is 37.7. The molecule has 0 saturated carbocycles. The summed E-state index contributed by atoms with van der Waals surface area (Å²) in [7, 11) is 0. The minimum atomic E-state index is 0.0114. The number of fused-ring (bicyclic) bond motifs is 7. The molecule has 0 bridgehead atoms. The van der Waals surface area contributed by atoms with Crippen LogP contribution in [0, 0.1) is 0 Å². The summed E-state index contributed by atoms with van der Waals surface area (Å²) < 4.78 is 2.90. The van der Waals surface area contributed by atoms with Gasteiger partial charge in [0.15, 0.2) is 0 Å². The van der Waals surface area contributed by atoms with Gasteiger partial charge in [0.05, 0.1) is 0 Å². The van der Waals surface area contributed by atoms with E-state index in [1.165, 1.54) is 118 Å². The van der Waals surface area contributed by atoms with Crippen molar-refractivity contribution in [3.63, 3.8) is 0 Å². The maximum absolute atomic E-state index is 2.46. The van der Waals surface area contributed by atoms with E-state index in [1.54, 1.807) is 0 Å². The van der Waals surface area contributed by atoms with E-state index >= 15 is 0 Å². The van der Waals surface area contributed by atoms with Crippen molar-refractivity contribution in [1.29, 1.82) is 0 Å². The van der Waals surface area contributed by atoms with E-state index in [0.29, 0.717) is 0 Å². The molecule has 0 nitrogen and oxygen atoms in total. The van der Waals surface area contributed by atoms with Gasteiger partial charge in [0, 0.05) is 0 Å². The molecule has 0 atom stereocenters. The Labute approximate surface area is 364 Å². The van der Waals surface area contributed by atoms with Crippen molar-refractivity contribution in [1.82, 2.24) is 0 Å². The molecule has 11 aromatic rings. The van der Waals surface area contributed by atoms with Crippen LogP contribution in [0.4, 0.5) is 0 Å². The van der Waals surface area contributed by atoms with E-state index in [1.807, 2.05) is 0 Å². The van der Waals surface area contributed by atoms with Crippen molar-refractivity contribution < 1.29 is 0 Å². The van der Waals surface area contributed by atoms with Gasteiger partial charge in [-0.1, -0.05) is 0 Å². The molecular formula is C60H48Se. The van der Waals surface area contributed by atoms with E-state index < -0.39 is 0 Å². The summed E-state index contributed by atoms with van der Waals surface area (Å²) in [5.41, 5.74) is 13.2. The number of hydrogen-bond donors (Lipinski definition) is 0. The molecule has 1 heterocycles. The molecule has 0 aliphatic carbocycles. The van der Waals surface area contributed by atoms with Gasteiger partial charge in [0.25, 0.3) is 0 Å². The molecule has 0 aliphatic heterocycles. The first-order chi connectivity index (χ1) is 29.6. The van der Waals surface area contributed by atoms with E-state index in [2.05, 4.69) is 224 Å². The second-order valence-electron chi connectivity index (χ2n) is 18.8. The van der Waals surface area contributed by atoms with Crippen LogP contribution in [0.3, 0.4) is 0 Å². The van der Waals surface area contributed by atoms with Crippen LogP contribution < -0.4 is 0 Å². The zero-order chi connectivity index (χ0) is 41.6. The molecule has 294 valence electrons. The average molecular weight is 848 g/mol. The van der Waals surface area contributed by atoms with Crippen LogP contribution in [0.25, 0.3) is 107 Å². The van der Waals surface area contributed by atoms with Crippen LogP contribution in [0.1, 0.15) is 52.7 Å². The third kappa shape index (κ3) is 6.09. The van der Waals surface area contributed by atoms with Crippen molar-refractivity contribution >= 4 is 76.9 Å². The number of benzene rings is 10. The van der Waals surface area contributed by atoms with Crippen LogP contribution >= 0.6 is 0 Å². The molecule has 0 spiro atoms. The van der Waals surface area contributed by atoms with E-state index in [9.17, 15) is 0 Å². The molecule has 0 fully saturated rings. The molecule has 61 heavy (non-hydrogen) atoms. The molecule has 0 radical (unpaired) electrons. The normalized spacial score (nSPS) is 12.4. The molecule has 0 unspecified atom stereocenters. The molecule has 1 heteroatoms. The minimum absolute atomic E-state index is 0.0114. The summed E-state index contributed by atoms with van der Waals surface area (Å²) in [5.74, 6) is 0. The molecule has 0 N–H and O–H groups in total. The summed E-state index contributed by atoms with van der Waals surface area (Å²) in [6, 6.07) is 69.0. The van der Waals surface area contributed by atoms with E-state index in [0.717, 1.165) is 0 Å². The predicted molar refractivity (Wildman–Crippen MR) is 268 cm³/mol. The average Bonchev–Trinajstić information content (AvgIpc) is 3.66. The number of rotatable bonds is 4. The Hall–Kier alpha value is -6.24. The first-order valence-electron chi connectivity index (χ1n) is 21.6. The zero-order valence-electron chi connectivity index (χ0n) is 35.7. The topological polar surface area (TPSA) is 0 Å². The Kier molecular flexibility index (Phi) is 8.77. The third-order valence-electron chi connectivity index (χ3n) is 12.9. The fourth-order valence-electron chi connectivity index (χ4n) is 9.99. The second kappa shape index (κ2) is 14.2. The standard InChI is InChI=1S/C60H48Se/c1-59(2,3)39-34-38(35-40(36-39)60(4,5)6)54-43-24-12-16-28-47(43)56(48-29-17-13-25-44(48)54)50-31-19-33-52-58(50)57-49(30-18-32-51(57)61-52)55-45-26-14-10-22-41(45)53(37-20-8-7-9-21-37)42-23-11-15-27-46(42)55/h7-36H,1-6H3. The molecule has 10 aromatic carbocycles. The fourth-order valence-corrected chi connectivity index (χ4v) is 12.4. The SMILES string of the molecule is CC(C)(C)c1cc(-c2c3ccccc3c(-c3cccc4[se]c5cccc(-c6c7ccccc7c(-c7ccccc7)c7ccccc67)c5c34)c3ccccc23)cc(C(C)(C)C)c1. The summed E-state index contributed by atoms with van der Waals surface area (Å²) in [6.45, 7) is 14.0. The molecule has 0 saturated heterocycles. The van der Waals surface area contributed by atoms with Crippen molar-refractivity contribution in [2.45, 2.75) is 52.4 Å². The first-order valence-corrected chi connectivity index (χ1v) is 23.3. The van der Waals surface area contributed by atoms with E-state index in [4.69, 9.17) is 0 Å². The molecule has 0 amide bonds. The summed E-state index contributed by atoms with van der Waals surface area (Å²) >= 11 is 0.161. The Morgan fingerprint density at radius 3 is 0.984 bits per heavy atom. The van der Waals surface area contributed by atoms with Crippen LogP contribution in [-0.4, -0.2) is 14.5 Å². The Balaban J connectivity index is 1.26. The van der Waals surface area contributed by atoms with E-state index in [-0.39, 0.29) is 25.3 Å². The monoisotopic (exact) mass is 848 g/mol. The quantitative estimate of drug-likeness (QED) is 0.122. The maximum atomic E-state index is 2.46. The van der Waals surface area contributed by atoms with Crippen molar-refractivity contribution in [2.24, 2.45) is 0 Å². The van der Waals surface area contributed by atoms with Gasteiger partial charge in [-0.05, 0) is 0 Å². The van der Waals surface area contributed by atoms with Gasteiger partial charge < -0.3 is 0 Å². The molecule has 1 aromatic heterocycles. The Morgan fingerprint density at radius 1 is 0.295 bits per heavy atom. The Morgan fingerprint density at radius 2 is 0.623 bits per heavy atom. The zero-order valence-corrected chi connectivity index (χ0v) is 37.4. The van der Waals surface area contributed by atoms with Crippen LogP contribution in [-0.2, 0) is 10.8 Å². The van der Waals surface area contributed by atoms with Gasteiger partial charge in [-0.2, -0.15) is 0 Å². The molecular weight excluding hydrogens is 800 g/mol. The van der Waals surface area contributed by atoms with Crippen LogP contribution in [0.2, 0.25) is 0 Å². The Bertz CT molecular complexity index is 3390. The van der Waals surface area contributed by atoms with Crippen LogP contribution in [0.5, 0.6) is 0 Å². The van der Waals surface area contributed by atoms with Crippen molar-refractivity contribution in [3.05, 3.63) is 193 Å². The second-order valence-corrected chi connectivity index (χ2v) is 21.1. The van der Waals surface area contributed by atoms with Gasteiger partial charge in [0.1, 0.15) is 0 Å². The fraction of sp³-hybridized carbons (Fsp3) is 0.133. The molecule has 11 rings (SSSR count). The van der Waals surface area contributed by atoms with Gasteiger partial charge in [-0.15, -0.1) is 0 Å². The predicted octanol–water partition coefficient (Wildman–Crippen LogP) is 16.9. The van der Waals surface area contributed by atoms with Crippen molar-refractivity contribution in [2.75, 3.05) is 0 Å². The third-order valence-corrected chi connectivity index (χ3v) is 15.3. The summed E-state index contributed by atoms with van der Waals surface area (Å²) in [4.78, 5) is 0. The van der Waals surface area contributed by atoms with Gasteiger partial charge in [0.2, 0.25) is 0 Å². The van der Waals surface area contributed by atoms with Gasteiger partial charge >= 0.3 is 367 Å². The number of hydrogen-bond acceptors (Lipinski definition) is 0. The summed E-state index contributed by atoms with van der Waals surface area (Å²) in [5, 5.41) is 13.1. The van der Waals surface area contributed by atoms with Gasteiger partial charge in [-0.25, -0.2) is 0 Å². The summed E-state index contributed by atoms with van der Waals surface area (Å²) in [6.07, 6.45) is 0. The molecule has 0 aliphatic rings. The van der Waals surface area contributed by atoms with Crippen molar-refractivity contribution in [3.8, 4) is 44.5 Å².